The van der Waals surface area contributed by atoms with E-state index in [9.17, 15) is 21.6 Å². The number of nitrogens with one attached hydrogen (secondary N) is 1. The molecular formula is C24H26F3N7O5S. The highest BCUT2D eigenvalue weighted by Crippen LogP contribution is 2.37. The molecular weight excluding hydrogens is 555 g/mol. The summed E-state index contributed by atoms with van der Waals surface area (Å²) in [5.74, 6) is -0.866. The molecule has 1 atom stereocenters. The van der Waals surface area contributed by atoms with Gasteiger partial charge in [-0.2, -0.15) is 8.78 Å². The van der Waals surface area contributed by atoms with Gasteiger partial charge in [-0.1, -0.05) is 12.1 Å². The molecule has 12 nitrogen and oxygen atoms in total. The van der Waals surface area contributed by atoms with Crippen LogP contribution in [-0.4, -0.2) is 66.8 Å². The molecule has 0 amide bonds. The number of ether oxygens (including phenoxy) is 3. The first-order valence-electron chi connectivity index (χ1n) is 11.5. The van der Waals surface area contributed by atoms with Crippen LogP contribution in [0.5, 0.6) is 17.4 Å². The van der Waals surface area contributed by atoms with E-state index in [-0.39, 0.29) is 46.9 Å². The quantitative estimate of drug-likeness (QED) is 0.245. The molecule has 0 bridgehead atoms. The van der Waals surface area contributed by atoms with Gasteiger partial charge in [-0.05, 0) is 38.8 Å². The number of hydrogen-bond donors (Lipinski definition) is 1. The normalized spacial score (nSPS) is 13.2. The number of methoxy groups -OCH3 is 2. The van der Waals surface area contributed by atoms with Gasteiger partial charge in [-0.3, -0.25) is 9.29 Å². The van der Waals surface area contributed by atoms with Crippen LogP contribution in [0.1, 0.15) is 20.3 Å². The number of anilines is 1. The minimum atomic E-state index is -4.20. The highest BCUT2D eigenvalue weighted by molar-refractivity contribution is 7.93. The number of allylic oxidation sites excluding steroid dienone is 1. The molecule has 0 aliphatic heterocycles. The molecule has 2 heterocycles. The van der Waals surface area contributed by atoms with Crippen LogP contribution in [0, 0.1) is 0 Å². The van der Waals surface area contributed by atoms with Gasteiger partial charge >= 0.3 is 6.61 Å². The average Bonchev–Trinajstić information content (AvgIpc) is 3.32. The topological polar surface area (TPSA) is 142 Å². The number of nitrogens with zero attached hydrogens (tertiary/aromatic N) is 6. The van der Waals surface area contributed by atoms with Gasteiger partial charge in [0.05, 0.1) is 25.7 Å². The number of halogens is 3. The van der Waals surface area contributed by atoms with Crippen molar-refractivity contribution in [3.05, 3.63) is 48.4 Å². The zero-order valence-electron chi connectivity index (χ0n) is 21.9. The van der Waals surface area contributed by atoms with Gasteiger partial charge in [-0.25, -0.2) is 27.8 Å². The molecule has 0 fully saturated rings. The Morgan fingerprint density at radius 2 is 1.80 bits per heavy atom. The fourth-order valence-corrected chi connectivity index (χ4v) is 4.35. The van der Waals surface area contributed by atoms with Crippen LogP contribution >= 0.6 is 0 Å². The maximum absolute atomic E-state index is 13.3. The van der Waals surface area contributed by atoms with Crippen LogP contribution in [0.3, 0.4) is 0 Å². The number of alkyl halides is 2. The summed E-state index contributed by atoms with van der Waals surface area (Å²) in [6, 6.07) is 8.89. The SMILES string of the molecule is C=NC(C[C@H](C)S(=O)(=O)Nc1nnc(-c2cccc(OC(F)F)n2)n1-c1c(OC)cccc1OC)=N/C=C(\C)F. The highest BCUT2D eigenvalue weighted by Gasteiger charge is 2.29. The zero-order chi connectivity index (χ0) is 29.4. The van der Waals surface area contributed by atoms with E-state index >= 15 is 0 Å². The Balaban J connectivity index is 2.15. The standard InChI is InChI=1S/C24H26F3N7O5S/c1-14(25)13-29-19(28-3)12-15(2)40(35,36)33-24-32-31-22(16-8-6-11-20(30-16)39-23(26)27)34(24)21-17(37-4)9-7-10-18(21)38-5/h6-11,13,15,23H,3,12H2,1-2,4-5H3,(H,32,33)/b14-13+,29-19?/t15-/m0/s1. The predicted molar refractivity (Wildman–Crippen MR) is 143 cm³/mol. The molecule has 1 N–H and O–H groups in total. The summed E-state index contributed by atoms with van der Waals surface area (Å²) in [6.07, 6.45) is 0.683. The van der Waals surface area contributed by atoms with Crippen LogP contribution < -0.4 is 18.9 Å². The largest absolute Gasteiger partial charge is 0.494 e. The lowest BCUT2D eigenvalue weighted by molar-refractivity contribution is -0.0527. The molecule has 16 heteroatoms. The minimum Gasteiger partial charge on any atom is -0.494 e. The van der Waals surface area contributed by atoms with Crippen molar-refractivity contribution in [2.45, 2.75) is 32.1 Å². The van der Waals surface area contributed by atoms with Gasteiger partial charge in [-0.15, -0.1) is 10.2 Å². The van der Waals surface area contributed by atoms with Crippen LogP contribution in [0.15, 0.2) is 58.4 Å². The van der Waals surface area contributed by atoms with Gasteiger partial charge in [0, 0.05) is 12.5 Å². The Morgan fingerprint density at radius 3 is 2.38 bits per heavy atom. The third-order valence-corrected chi connectivity index (χ3v) is 6.95. The van der Waals surface area contributed by atoms with Crippen molar-refractivity contribution in [3.63, 3.8) is 0 Å². The summed E-state index contributed by atoms with van der Waals surface area (Å²) in [6.45, 7) is 2.78. The summed E-state index contributed by atoms with van der Waals surface area (Å²) >= 11 is 0. The lowest BCUT2D eigenvalue weighted by atomic mass is 10.2. The third kappa shape index (κ3) is 7.13. The van der Waals surface area contributed by atoms with E-state index in [1.54, 1.807) is 18.2 Å². The van der Waals surface area contributed by atoms with E-state index in [2.05, 4.69) is 41.3 Å². The number of pyridine rings is 1. The Hall–Kier alpha value is -4.47. The lowest BCUT2D eigenvalue weighted by Gasteiger charge is -2.19. The monoisotopic (exact) mass is 581 g/mol. The Bertz CT molecular complexity index is 1500. The van der Waals surface area contributed by atoms with Crippen molar-refractivity contribution in [1.82, 2.24) is 19.7 Å². The summed E-state index contributed by atoms with van der Waals surface area (Å²) in [5, 5.41) is 6.93. The van der Waals surface area contributed by atoms with Gasteiger partial charge in [0.15, 0.2) is 5.82 Å². The number of sulfonamides is 1. The van der Waals surface area contributed by atoms with Crippen molar-refractivity contribution in [1.29, 1.82) is 0 Å². The third-order valence-electron chi connectivity index (χ3n) is 5.26. The zero-order valence-corrected chi connectivity index (χ0v) is 22.7. The molecule has 214 valence electrons. The Labute approximate surface area is 228 Å². The molecule has 2 aromatic heterocycles. The molecule has 0 saturated carbocycles. The van der Waals surface area contributed by atoms with Gasteiger partial charge < -0.3 is 14.2 Å². The molecule has 1 aromatic carbocycles. The summed E-state index contributed by atoms with van der Waals surface area (Å²) in [4.78, 5) is 11.5. The van der Waals surface area contributed by atoms with Crippen molar-refractivity contribution in [3.8, 4) is 34.6 Å². The van der Waals surface area contributed by atoms with E-state index in [1.807, 2.05) is 0 Å². The average molecular weight is 582 g/mol. The van der Waals surface area contributed by atoms with E-state index in [4.69, 9.17) is 9.47 Å². The molecule has 0 aliphatic rings. The van der Waals surface area contributed by atoms with Crippen molar-refractivity contribution in [2.24, 2.45) is 9.98 Å². The fraction of sp³-hybridized carbons (Fsp3) is 0.292. The van der Waals surface area contributed by atoms with E-state index in [1.165, 1.54) is 50.8 Å². The molecule has 40 heavy (non-hydrogen) atoms. The number of benzene rings is 1. The number of aromatic nitrogens is 4. The predicted octanol–water partition coefficient (Wildman–Crippen LogP) is 4.40. The second kappa shape index (κ2) is 13.1. The van der Waals surface area contributed by atoms with Gasteiger partial charge in [0.1, 0.15) is 34.5 Å². The number of para-hydroxylation sites is 1. The van der Waals surface area contributed by atoms with E-state index in [0.717, 1.165) is 6.20 Å². The molecule has 3 rings (SSSR count). The number of aliphatic imine (C=N–C) groups is 2. The lowest BCUT2D eigenvalue weighted by Crippen LogP contribution is -2.28. The smallest absolute Gasteiger partial charge is 0.388 e. The van der Waals surface area contributed by atoms with E-state index in [0.29, 0.717) is 0 Å². The first-order valence-corrected chi connectivity index (χ1v) is 13.0. The molecule has 0 aliphatic carbocycles. The molecule has 0 spiro atoms. The van der Waals surface area contributed by atoms with Crippen molar-refractivity contribution >= 4 is 28.5 Å². The van der Waals surface area contributed by atoms with Crippen LogP contribution in [0.4, 0.5) is 19.1 Å². The highest BCUT2D eigenvalue weighted by atomic mass is 32.2. The second-order valence-electron chi connectivity index (χ2n) is 8.01. The second-order valence-corrected chi connectivity index (χ2v) is 10.1. The van der Waals surface area contributed by atoms with Crippen LogP contribution in [-0.2, 0) is 10.0 Å². The van der Waals surface area contributed by atoms with Crippen LogP contribution in [0.2, 0.25) is 0 Å². The molecule has 0 unspecified atom stereocenters. The molecule has 0 radical (unpaired) electrons. The van der Waals surface area contributed by atoms with Crippen molar-refractivity contribution < 1.29 is 35.8 Å². The first-order chi connectivity index (χ1) is 19.0. The van der Waals surface area contributed by atoms with E-state index < -0.39 is 33.6 Å². The maximum atomic E-state index is 13.3. The Kier molecular flexibility index (Phi) is 9.82. The first kappa shape index (κ1) is 30.1. The number of rotatable bonds is 12. The molecule has 3 aromatic rings. The number of hydrogen-bond acceptors (Lipinski definition) is 9. The van der Waals surface area contributed by atoms with Gasteiger partial charge in [0.2, 0.25) is 21.9 Å². The summed E-state index contributed by atoms with van der Waals surface area (Å²) in [5.41, 5.74) is 0.217. The fourth-order valence-electron chi connectivity index (χ4n) is 3.39. The van der Waals surface area contributed by atoms with Gasteiger partial charge in [0.25, 0.3) is 0 Å². The van der Waals surface area contributed by atoms with Crippen molar-refractivity contribution in [2.75, 3.05) is 18.9 Å². The Morgan fingerprint density at radius 1 is 1.15 bits per heavy atom. The molecule has 0 saturated heterocycles. The minimum absolute atomic E-state index is 0.0107. The maximum Gasteiger partial charge on any atom is 0.388 e. The summed E-state index contributed by atoms with van der Waals surface area (Å²) in [7, 11) is -1.42. The van der Waals surface area contributed by atoms with Crippen LogP contribution in [0.25, 0.3) is 17.2 Å². The number of amidine groups is 1. The summed E-state index contributed by atoms with van der Waals surface area (Å²) < 4.78 is 84.4.